The second-order valence-corrected chi connectivity index (χ2v) is 6.75. The topological polar surface area (TPSA) is 23.6 Å². The molecule has 2 rings (SSSR count). The van der Waals surface area contributed by atoms with Gasteiger partial charge in [0, 0.05) is 24.5 Å². The standard InChI is InChI=1S/C14H21ClN2OS/c1-2-16(10-12-6-7-13(15)19-12)11-14(18)17-8-4-3-5-9-17/h6-7H,2-5,8-11H2,1H3. The summed E-state index contributed by atoms with van der Waals surface area (Å²) in [6.07, 6.45) is 3.56. The monoisotopic (exact) mass is 300 g/mol. The fraction of sp³-hybridized carbons (Fsp3) is 0.643. The van der Waals surface area contributed by atoms with Crippen LogP contribution in [0.15, 0.2) is 12.1 Å². The van der Waals surface area contributed by atoms with Crippen LogP contribution >= 0.6 is 22.9 Å². The molecular formula is C14H21ClN2OS. The van der Waals surface area contributed by atoms with Gasteiger partial charge in [-0.1, -0.05) is 18.5 Å². The van der Waals surface area contributed by atoms with Gasteiger partial charge in [0.1, 0.15) is 0 Å². The Bertz CT molecular complexity index is 415. The first-order valence-corrected chi connectivity index (χ1v) is 8.13. The van der Waals surface area contributed by atoms with E-state index in [1.807, 2.05) is 17.0 Å². The van der Waals surface area contributed by atoms with Gasteiger partial charge in [-0.3, -0.25) is 9.69 Å². The van der Waals surface area contributed by atoms with Crippen LogP contribution in [0.3, 0.4) is 0 Å². The Morgan fingerprint density at radius 2 is 2.11 bits per heavy atom. The molecule has 1 amide bonds. The van der Waals surface area contributed by atoms with Gasteiger partial charge in [0.05, 0.1) is 10.9 Å². The van der Waals surface area contributed by atoms with Crippen molar-refractivity contribution in [1.29, 1.82) is 0 Å². The molecule has 106 valence electrons. The van der Waals surface area contributed by atoms with Crippen molar-refractivity contribution in [2.75, 3.05) is 26.2 Å². The van der Waals surface area contributed by atoms with E-state index in [0.29, 0.717) is 6.54 Å². The largest absolute Gasteiger partial charge is 0.342 e. The molecule has 1 aliphatic heterocycles. The molecule has 2 heterocycles. The molecule has 0 N–H and O–H groups in total. The third-order valence-electron chi connectivity index (χ3n) is 3.52. The highest BCUT2D eigenvalue weighted by Crippen LogP contribution is 2.22. The summed E-state index contributed by atoms with van der Waals surface area (Å²) in [5, 5.41) is 0. The maximum absolute atomic E-state index is 12.2. The molecule has 0 aromatic carbocycles. The smallest absolute Gasteiger partial charge is 0.236 e. The Labute approximate surface area is 124 Å². The van der Waals surface area contributed by atoms with Crippen LogP contribution in [0.5, 0.6) is 0 Å². The SMILES string of the molecule is CCN(CC(=O)N1CCCCC1)Cc1ccc(Cl)s1. The molecule has 1 aromatic rings. The van der Waals surface area contributed by atoms with Gasteiger partial charge in [-0.05, 0) is 37.9 Å². The van der Waals surface area contributed by atoms with Crippen LogP contribution in [0.2, 0.25) is 4.34 Å². The highest BCUT2D eigenvalue weighted by atomic mass is 35.5. The molecule has 3 nitrogen and oxygen atoms in total. The van der Waals surface area contributed by atoms with Crippen LogP contribution in [0, 0.1) is 0 Å². The van der Waals surface area contributed by atoms with Crippen molar-refractivity contribution in [1.82, 2.24) is 9.80 Å². The molecule has 1 aromatic heterocycles. The van der Waals surface area contributed by atoms with E-state index in [1.54, 1.807) is 11.3 Å². The second-order valence-electron chi connectivity index (χ2n) is 4.95. The zero-order valence-corrected chi connectivity index (χ0v) is 13.0. The van der Waals surface area contributed by atoms with Crippen LogP contribution in [0.1, 0.15) is 31.1 Å². The summed E-state index contributed by atoms with van der Waals surface area (Å²) in [6, 6.07) is 3.96. The van der Waals surface area contributed by atoms with Crippen molar-refractivity contribution in [3.05, 3.63) is 21.3 Å². The molecule has 1 saturated heterocycles. The average molecular weight is 301 g/mol. The zero-order chi connectivity index (χ0) is 13.7. The van der Waals surface area contributed by atoms with Gasteiger partial charge in [-0.25, -0.2) is 0 Å². The number of halogens is 1. The minimum absolute atomic E-state index is 0.268. The third kappa shape index (κ3) is 4.48. The zero-order valence-electron chi connectivity index (χ0n) is 11.4. The molecule has 0 bridgehead atoms. The molecule has 0 radical (unpaired) electrons. The lowest BCUT2D eigenvalue weighted by atomic mass is 10.1. The van der Waals surface area contributed by atoms with Crippen LogP contribution < -0.4 is 0 Å². The van der Waals surface area contributed by atoms with E-state index in [2.05, 4.69) is 11.8 Å². The first kappa shape index (κ1) is 14.8. The van der Waals surface area contributed by atoms with Crippen LogP contribution in [0.4, 0.5) is 0 Å². The van der Waals surface area contributed by atoms with E-state index in [9.17, 15) is 4.79 Å². The number of likely N-dealkylation sites (tertiary alicyclic amines) is 1. The normalized spacial score (nSPS) is 16.1. The number of piperidine rings is 1. The molecule has 0 unspecified atom stereocenters. The van der Waals surface area contributed by atoms with Crippen LogP contribution in [-0.4, -0.2) is 41.9 Å². The van der Waals surface area contributed by atoms with Gasteiger partial charge in [0.25, 0.3) is 0 Å². The maximum Gasteiger partial charge on any atom is 0.236 e. The number of thiophene rings is 1. The summed E-state index contributed by atoms with van der Waals surface area (Å²) in [5.41, 5.74) is 0. The molecule has 1 aliphatic rings. The Kier molecular flexibility index (Phi) is 5.67. The summed E-state index contributed by atoms with van der Waals surface area (Å²) in [6.45, 7) is 6.18. The first-order chi connectivity index (χ1) is 9.19. The summed E-state index contributed by atoms with van der Waals surface area (Å²) < 4.78 is 0.813. The number of hydrogen-bond donors (Lipinski definition) is 0. The summed E-state index contributed by atoms with van der Waals surface area (Å²) in [7, 11) is 0. The number of carbonyl (C=O) groups excluding carboxylic acids is 1. The lowest BCUT2D eigenvalue weighted by Crippen LogP contribution is -2.42. The second kappa shape index (κ2) is 7.27. The van der Waals surface area contributed by atoms with Crippen molar-refractivity contribution in [2.24, 2.45) is 0 Å². The molecular weight excluding hydrogens is 280 g/mol. The quantitative estimate of drug-likeness (QED) is 0.833. The molecule has 0 saturated carbocycles. The van der Waals surface area contributed by atoms with E-state index >= 15 is 0 Å². The molecule has 19 heavy (non-hydrogen) atoms. The fourth-order valence-corrected chi connectivity index (χ4v) is 3.50. The Morgan fingerprint density at radius 1 is 1.37 bits per heavy atom. The summed E-state index contributed by atoms with van der Waals surface area (Å²) in [4.78, 5) is 17.6. The lowest BCUT2D eigenvalue weighted by molar-refractivity contribution is -0.133. The van der Waals surface area contributed by atoms with Crippen molar-refractivity contribution in [3.8, 4) is 0 Å². The lowest BCUT2D eigenvalue weighted by Gasteiger charge is -2.29. The maximum atomic E-state index is 12.2. The van der Waals surface area contributed by atoms with Gasteiger partial charge < -0.3 is 4.90 Å². The van der Waals surface area contributed by atoms with Crippen molar-refractivity contribution >= 4 is 28.8 Å². The highest BCUT2D eigenvalue weighted by Gasteiger charge is 2.19. The molecule has 0 atom stereocenters. The molecule has 5 heteroatoms. The number of likely N-dealkylation sites (N-methyl/N-ethyl adjacent to an activating group) is 1. The van der Waals surface area contributed by atoms with E-state index < -0.39 is 0 Å². The number of amides is 1. The molecule has 0 aliphatic carbocycles. The minimum Gasteiger partial charge on any atom is -0.342 e. The number of rotatable bonds is 5. The van der Waals surface area contributed by atoms with Crippen molar-refractivity contribution < 1.29 is 4.79 Å². The third-order valence-corrected chi connectivity index (χ3v) is 4.74. The molecule has 1 fully saturated rings. The van der Waals surface area contributed by atoms with Crippen molar-refractivity contribution in [3.63, 3.8) is 0 Å². The molecule has 0 spiro atoms. The van der Waals surface area contributed by atoms with Gasteiger partial charge in [-0.2, -0.15) is 0 Å². The van der Waals surface area contributed by atoms with Gasteiger partial charge in [0.2, 0.25) is 5.91 Å². The number of nitrogens with zero attached hydrogens (tertiary/aromatic N) is 2. The van der Waals surface area contributed by atoms with E-state index in [0.717, 1.165) is 43.4 Å². The van der Waals surface area contributed by atoms with Crippen LogP contribution in [0.25, 0.3) is 0 Å². The summed E-state index contributed by atoms with van der Waals surface area (Å²) in [5.74, 6) is 0.268. The number of carbonyl (C=O) groups is 1. The average Bonchev–Trinajstić information content (AvgIpc) is 2.84. The predicted molar refractivity (Wildman–Crippen MR) is 80.7 cm³/mol. The Balaban J connectivity index is 1.85. The predicted octanol–water partition coefficient (Wildman–Crippen LogP) is 3.24. The van der Waals surface area contributed by atoms with E-state index in [-0.39, 0.29) is 5.91 Å². The van der Waals surface area contributed by atoms with Gasteiger partial charge in [-0.15, -0.1) is 11.3 Å². The van der Waals surface area contributed by atoms with Gasteiger partial charge >= 0.3 is 0 Å². The highest BCUT2D eigenvalue weighted by molar-refractivity contribution is 7.16. The fourth-order valence-electron chi connectivity index (χ4n) is 2.37. The Hall–Kier alpha value is -0.580. The number of hydrogen-bond acceptors (Lipinski definition) is 3. The minimum atomic E-state index is 0.268. The Morgan fingerprint density at radius 3 is 2.68 bits per heavy atom. The van der Waals surface area contributed by atoms with Crippen LogP contribution in [-0.2, 0) is 11.3 Å². The van der Waals surface area contributed by atoms with Crippen molar-refractivity contribution in [2.45, 2.75) is 32.7 Å². The summed E-state index contributed by atoms with van der Waals surface area (Å²) >= 11 is 7.53. The van der Waals surface area contributed by atoms with E-state index in [1.165, 1.54) is 11.3 Å². The first-order valence-electron chi connectivity index (χ1n) is 6.93. The van der Waals surface area contributed by atoms with Gasteiger partial charge in [0.15, 0.2) is 0 Å². The van der Waals surface area contributed by atoms with E-state index in [4.69, 9.17) is 11.6 Å².